The molecule has 9 nitrogen and oxygen atoms in total. The smallest absolute Gasteiger partial charge is 0.410 e. The van der Waals surface area contributed by atoms with Gasteiger partial charge in [0.2, 0.25) is 5.78 Å². The highest BCUT2D eigenvalue weighted by atomic mass is 16.6. The molecular formula is C21H20N2O7. The number of nitro benzene ring substituents is 1. The zero-order valence-corrected chi connectivity index (χ0v) is 16.1. The fraction of sp³-hybridized carbons (Fsp3) is 0.286. The number of hydrogen-bond donors (Lipinski definition) is 0. The number of esters is 1. The molecule has 0 bridgehead atoms. The van der Waals surface area contributed by atoms with E-state index in [1.165, 1.54) is 23.1 Å². The van der Waals surface area contributed by atoms with E-state index in [9.17, 15) is 24.5 Å². The minimum absolute atomic E-state index is 0.0718. The van der Waals surface area contributed by atoms with Crippen molar-refractivity contribution in [2.75, 3.05) is 13.2 Å². The van der Waals surface area contributed by atoms with Crippen LogP contribution in [0.5, 0.6) is 0 Å². The number of rotatable bonds is 7. The molecule has 0 saturated carbocycles. The normalized spacial score (nSPS) is 15.5. The second-order valence-electron chi connectivity index (χ2n) is 6.73. The molecule has 1 atom stereocenters. The first-order chi connectivity index (χ1) is 14.5. The molecule has 1 fully saturated rings. The average molecular weight is 412 g/mol. The monoisotopic (exact) mass is 412 g/mol. The van der Waals surface area contributed by atoms with E-state index in [-0.39, 0.29) is 17.9 Å². The van der Waals surface area contributed by atoms with Crippen molar-refractivity contribution in [3.63, 3.8) is 0 Å². The molecule has 2 aromatic rings. The van der Waals surface area contributed by atoms with Crippen LogP contribution in [-0.2, 0) is 20.9 Å². The first-order valence-corrected chi connectivity index (χ1v) is 9.37. The van der Waals surface area contributed by atoms with Crippen molar-refractivity contribution >= 4 is 23.5 Å². The Hall–Kier alpha value is -3.75. The molecule has 1 aliphatic rings. The number of nitrogens with zero attached hydrogens (tertiary/aromatic N) is 2. The van der Waals surface area contributed by atoms with Crippen molar-refractivity contribution in [2.24, 2.45) is 0 Å². The number of non-ortho nitro benzene ring substituents is 1. The Bertz CT molecular complexity index is 945. The third kappa shape index (κ3) is 5.19. The number of benzene rings is 2. The van der Waals surface area contributed by atoms with Crippen molar-refractivity contribution in [1.29, 1.82) is 0 Å². The van der Waals surface area contributed by atoms with Crippen molar-refractivity contribution in [3.8, 4) is 0 Å². The SMILES string of the molecule is O=C(COC(=O)[C@H]1CCCN1C(=O)OCc1ccccc1)c1cccc([N+](=O)[O-])c1. The van der Waals surface area contributed by atoms with E-state index in [0.717, 1.165) is 11.6 Å². The molecule has 2 aromatic carbocycles. The summed E-state index contributed by atoms with van der Waals surface area (Å²) in [6, 6.07) is 13.5. The van der Waals surface area contributed by atoms with Gasteiger partial charge in [-0.2, -0.15) is 0 Å². The maximum atomic E-state index is 12.4. The van der Waals surface area contributed by atoms with Crippen LogP contribution in [0.4, 0.5) is 10.5 Å². The van der Waals surface area contributed by atoms with Gasteiger partial charge < -0.3 is 9.47 Å². The van der Waals surface area contributed by atoms with Gasteiger partial charge >= 0.3 is 12.1 Å². The van der Waals surface area contributed by atoms with Crippen LogP contribution in [0.15, 0.2) is 54.6 Å². The molecule has 30 heavy (non-hydrogen) atoms. The Balaban J connectivity index is 1.53. The summed E-state index contributed by atoms with van der Waals surface area (Å²) in [5, 5.41) is 10.8. The van der Waals surface area contributed by atoms with Crippen molar-refractivity contribution in [3.05, 3.63) is 75.8 Å². The van der Waals surface area contributed by atoms with Gasteiger partial charge in [-0.15, -0.1) is 0 Å². The molecule has 3 rings (SSSR count). The van der Waals surface area contributed by atoms with E-state index in [1.807, 2.05) is 30.3 Å². The van der Waals surface area contributed by atoms with Crippen molar-refractivity contribution < 1.29 is 28.8 Å². The number of ether oxygens (including phenoxy) is 2. The summed E-state index contributed by atoms with van der Waals surface area (Å²) in [4.78, 5) is 48.5. The second kappa shape index (κ2) is 9.64. The fourth-order valence-electron chi connectivity index (χ4n) is 3.14. The van der Waals surface area contributed by atoms with E-state index in [1.54, 1.807) is 0 Å². The molecule has 1 saturated heterocycles. The van der Waals surface area contributed by atoms with Gasteiger partial charge in [-0.3, -0.25) is 19.8 Å². The molecule has 0 radical (unpaired) electrons. The van der Waals surface area contributed by atoms with Gasteiger partial charge in [0, 0.05) is 24.2 Å². The van der Waals surface area contributed by atoms with Crippen LogP contribution in [0.1, 0.15) is 28.8 Å². The minimum atomic E-state index is -0.828. The number of ketones is 1. The molecule has 0 N–H and O–H groups in total. The zero-order valence-electron chi connectivity index (χ0n) is 16.1. The third-order valence-electron chi connectivity index (χ3n) is 4.69. The molecule has 0 aliphatic carbocycles. The van der Waals surface area contributed by atoms with Gasteiger partial charge in [0.25, 0.3) is 5.69 Å². The Morgan fingerprint density at radius 1 is 1.07 bits per heavy atom. The summed E-state index contributed by atoms with van der Waals surface area (Å²) >= 11 is 0. The summed E-state index contributed by atoms with van der Waals surface area (Å²) in [5.41, 5.74) is 0.671. The van der Waals surface area contributed by atoms with Gasteiger partial charge in [-0.25, -0.2) is 9.59 Å². The van der Waals surface area contributed by atoms with Gasteiger partial charge in [-0.05, 0) is 18.4 Å². The van der Waals surface area contributed by atoms with E-state index >= 15 is 0 Å². The molecular weight excluding hydrogens is 392 g/mol. The first kappa shape index (κ1) is 21.0. The molecule has 1 aliphatic heterocycles. The molecule has 0 spiro atoms. The van der Waals surface area contributed by atoms with Gasteiger partial charge in [0.1, 0.15) is 12.6 Å². The number of amides is 1. The summed E-state index contributed by atoms with van der Waals surface area (Å²) < 4.78 is 10.3. The lowest BCUT2D eigenvalue weighted by atomic mass is 10.1. The molecule has 1 amide bonds. The van der Waals surface area contributed by atoms with Gasteiger partial charge in [0.15, 0.2) is 6.61 Å². The van der Waals surface area contributed by atoms with E-state index < -0.39 is 35.4 Å². The molecule has 0 unspecified atom stereocenters. The molecule has 0 aromatic heterocycles. The van der Waals surface area contributed by atoms with Crippen LogP contribution in [0, 0.1) is 10.1 Å². The third-order valence-corrected chi connectivity index (χ3v) is 4.69. The van der Waals surface area contributed by atoms with E-state index in [0.29, 0.717) is 19.4 Å². The van der Waals surface area contributed by atoms with Crippen LogP contribution >= 0.6 is 0 Å². The Labute approximate surface area is 172 Å². The summed E-state index contributed by atoms with van der Waals surface area (Å²) in [6.45, 7) is -0.126. The predicted octanol–water partition coefficient (Wildman–Crippen LogP) is 3.12. The average Bonchev–Trinajstić information content (AvgIpc) is 3.26. The van der Waals surface area contributed by atoms with Crippen LogP contribution in [-0.4, -0.2) is 46.9 Å². The largest absolute Gasteiger partial charge is 0.456 e. The standard InChI is InChI=1S/C21H20N2O7/c24-19(16-8-4-9-17(12-16)23(27)28)14-29-20(25)18-10-5-11-22(18)21(26)30-13-15-6-2-1-3-7-15/h1-4,6-9,12,18H,5,10-11,13-14H2/t18-/m1/s1. The Kier molecular flexibility index (Phi) is 6.74. The number of likely N-dealkylation sites (tertiary alicyclic amines) is 1. The highest BCUT2D eigenvalue weighted by Crippen LogP contribution is 2.20. The maximum Gasteiger partial charge on any atom is 0.410 e. The molecule has 1 heterocycles. The lowest BCUT2D eigenvalue weighted by molar-refractivity contribution is -0.384. The van der Waals surface area contributed by atoms with Crippen molar-refractivity contribution in [2.45, 2.75) is 25.5 Å². The highest BCUT2D eigenvalue weighted by Gasteiger charge is 2.36. The minimum Gasteiger partial charge on any atom is -0.456 e. The predicted molar refractivity (Wildman–Crippen MR) is 105 cm³/mol. The number of carbonyl (C=O) groups is 3. The van der Waals surface area contributed by atoms with E-state index in [4.69, 9.17) is 9.47 Å². The number of carbonyl (C=O) groups excluding carboxylic acids is 3. The number of nitro groups is 1. The van der Waals surface area contributed by atoms with Crippen LogP contribution in [0.2, 0.25) is 0 Å². The summed E-state index contributed by atoms with van der Waals surface area (Å²) in [5.74, 6) is -1.27. The zero-order chi connectivity index (χ0) is 21.5. The first-order valence-electron chi connectivity index (χ1n) is 9.37. The quantitative estimate of drug-likeness (QED) is 0.297. The maximum absolute atomic E-state index is 12.4. The van der Waals surface area contributed by atoms with Gasteiger partial charge in [-0.1, -0.05) is 42.5 Å². The number of Topliss-reactive ketones (excluding diaryl/α,β-unsaturated/α-hetero) is 1. The van der Waals surface area contributed by atoms with Crippen LogP contribution < -0.4 is 0 Å². The topological polar surface area (TPSA) is 116 Å². The van der Waals surface area contributed by atoms with E-state index in [2.05, 4.69) is 0 Å². The Morgan fingerprint density at radius 3 is 2.57 bits per heavy atom. The van der Waals surface area contributed by atoms with Crippen molar-refractivity contribution in [1.82, 2.24) is 4.90 Å². The number of hydrogen-bond acceptors (Lipinski definition) is 7. The Morgan fingerprint density at radius 2 is 1.83 bits per heavy atom. The lowest BCUT2D eigenvalue weighted by Gasteiger charge is -2.22. The fourth-order valence-corrected chi connectivity index (χ4v) is 3.14. The summed E-state index contributed by atoms with van der Waals surface area (Å²) in [6.07, 6.45) is 0.395. The second-order valence-corrected chi connectivity index (χ2v) is 6.73. The van der Waals surface area contributed by atoms with Crippen LogP contribution in [0.25, 0.3) is 0 Å². The van der Waals surface area contributed by atoms with Gasteiger partial charge in [0.05, 0.1) is 4.92 Å². The molecule has 156 valence electrons. The lowest BCUT2D eigenvalue weighted by Crippen LogP contribution is -2.42. The summed E-state index contributed by atoms with van der Waals surface area (Å²) in [7, 11) is 0. The van der Waals surface area contributed by atoms with Crippen LogP contribution in [0.3, 0.4) is 0 Å². The molecule has 9 heteroatoms. The highest BCUT2D eigenvalue weighted by molar-refractivity contribution is 5.98.